The van der Waals surface area contributed by atoms with Gasteiger partial charge in [0.1, 0.15) is 5.75 Å². The maximum Gasteiger partial charge on any atom is 0.234 e. The zero-order chi connectivity index (χ0) is 19.2. The van der Waals surface area contributed by atoms with E-state index in [9.17, 15) is 4.79 Å². The summed E-state index contributed by atoms with van der Waals surface area (Å²) in [6.07, 6.45) is 1.99. The van der Waals surface area contributed by atoms with Crippen LogP contribution in [0.25, 0.3) is 11.4 Å². The molecule has 1 heterocycles. The van der Waals surface area contributed by atoms with E-state index in [1.807, 2.05) is 66.4 Å². The number of para-hydroxylation sites is 1. The molecular formula is C19H20N4O2S2. The van der Waals surface area contributed by atoms with Gasteiger partial charge in [0, 0.05) is 17.5 Å². The van der Waals surface area contributed by atoms with Crippen molar-refractivity contribution < 1.29 is 9.53 Å². The molecule has 3 rings (SSSR count). The maximum atomic E-state index is 12.3. The summed E-state index contributed by atoms with van der Waals surface area (Å²) in [6.45, 7) is 0. The van der Waals surface area contributed by atoms with Gasteiger partial charge < -0.3 is 14.6 Å². The SMILES string of the molecule is COc1ccc(-c2nnc(SCC(=O)Nc3ccccc3SC)n2C)cc1. The summed E-state index contributed by atoms with van der Waals surface area (Å²) in [7, 11) is 3.53. The van der Waals surface area contributed by atoms with Gasteiger partial charge in [-0.2, -0.15) is 0 Å². The van der Waals surface area contributed by atoms with E-state index < -0.39 is 0 Å². The van der Waals surface area contributed by atoms with Gasteiger partial charge in [0.15, 0.2) is 11.0 Å². The molecule has 0 atom stereocenters. The molecule has 0 saturated heterocycles. The molecule has 0 aliphatic carbocycles. The fourth-order valence-electron chi connectivity index (χ4n) is 2.50. The third kappa shape index (κ3) is 4.64. The van der Waals surface area contributed by atoms with E-state index in [1.165, 1.54) is 11.8 Å². The predicted octanol–water partition coefficient (Wildman–Crippen LogP) is 3.94. The number of carbonyl (C=O) groups is 1. The van der Waals surface area contributed by atoms with Gasteiger partial charge in [0.05, 0.1) is 18.6 Å². The van der Waals surface area contributed by atoms with E-state index in [2.05, 4.69) is 15.5 Å². The number of thioether (sulfide) groups is 2. The Bertz CT molecular complexity index is 926. The summed E-state index contributed by atoms with van der Waals surface area (Å²) >= 11 is 2.96. The second-order valence-corrected chi connectivity index (χ2v) is 7.42. The molecule has 0 radical (unpaired) electrons. The van der Waals surface area contributed by atoms with Crippen LogP contribution in [0.5, 0.6) is 5.75 Å². The number of nitrogens with zero attached hydrogens (tertiary/aromatic N) is 3. The van der Waals surface area contributed by atoms with Gasteiger partial charge in [0.25, 0.3) is 0 Å². The summed E-state index contributed by atoms with van der Waals surface area (Å²) < 4.78 is 7.06. The number of anilines is 1. The molecule has 1 N–H and O–H groups in total. The normalized spacial score (nSPS) is 10.6. The molecule has 0 aliphatic heterocycles. The Morgan fingerprint density at radius 3 is 2.59 bits per heavy atom. The molecule has 0 bridgehead atoms. The predicted molar refractivity (Wildman–Crippen MR) is 111 cm³/mol. The minimum absolute atomic E-state index is 0.0736. The molecule has 0 spiro atoms. The Balaban J connectivity index is 1.64. The van der Waals surface area contributed by atoms with Crippen LogP contribution in [-0.4, -0.2) is 39.8 Å². The summed E-state index contributed by atoms with van der Waals surface area (Å²) in [6, 6.07) is 15.4. The first-order valence-corrected chi connectivity index (χ1v) is 10.4. The Morgan fingerprint density at radius 2 is 1.89 bits per heavy atom. The summed E-state index contributed by atoms with van der Waals surface area (Å²) in [5.74, 6) is 1.72. The minimum atomic E-state index is -0.0736. The van der Waals surface area contributed by atoms with Crippen molar-refractivity contribution in [2.45, 2.75) is 10.1 Å². The first kappa shape index (κ1) is 19.3. The van der Waals surface area contributed by atoms with Crippen LogP contribution >= 0.6 is 23.5 Å². The zero-order valence-electron chi connectivity index (χ0n) is 15.3. The van der Waals surface area contributed by atoms with Gasteiger partial charge in [0.2, 0.25) is 5.91 Å². The highest BCUT2D eigenvalue weighted by Gasteiger charge is 2.13. The highest BCUT2D eigenvalue weighted by molar-refractivity contribution is 7.99. The average Bonchev–Trinajstić information content (AvgIpc) is 3.07. The second kappa shape index (κ2) is 8.96. The van der Waals surface area contributed by atoms with E-state index in [0.29, 0.717) is 5.16 Å². The molecule has 27 heavy (non-hydrogen) atoms. The van der Waals surface area contributed by atoms with E-state index >= 15 is 0 Å². The van der Waals surface area contributed by atoms with Gasteiger partial charge in [-0.3, -0.25) is 4.79 Å². The van der Waals surface area contributed by atoms with Crippen LogP contribution in [0.4, 0.5) is 5.69 Å². The standard InChI is InChI=1S/C19H20N4O2S2/c1-23-18(13-8-10-14(25-2)11-9-13)21-22-19(23)27-12-17(24)20-15-6-4-5-7-16(15)26-3/h4-11H,12H2,1-3H3,(H,20,24). The Kier molecular flexibility index (Phi) is 6.41. The molecule has 2 aromatic carbocycles. The van der Waals surface area contributed by atoms with Gasteiger partial charge in [-0.1, -0.05) is 23.9 Å². The number of rotatable bonds is 7. The Hall–Kier alpha value is -2.45. The van der Waals surface area contributed by atoms with Crippen LogP contribution < -0.4 is 10.1 Å². The number of methoxy groups -OCH3 is 1. The van der Waals surface area contributed by atoms with E-state index in [0.717, 1.165) is 27.7 Å². The van der Waals surface area contributed by atoms with Crippen molar-refractivity contribution in [2.24, 2.45) is 7.05 Å². The molecule has 3 aromatic rings. The van der Waals surface area contributed by atoms with Crippen molar-refractivity contribution in [3.63, 3.8) is 0 Å². The average molecular weight is 401 g/mol. The highest BCUT2D eigenvalue weighted by Crippen LogP contribution is 2.26. The first-order valence-electron chi connectivity index (χ1n) is 8.22. The number of aromatic nitrogens is 3. The molecular weight excluding hydrogens is 380 g/mol. The quantitative estimate of drug-likeness (QED) is 0.606. The van der Waals surface area contributed by atoms with Crippen LogP contribution in [0.3, 0.4) is 0 Å². The minimum Gasteiger partial charge on any atom is -0.497 e. The van der Waals surface area contributed by atoms with Crippen LogP contribution in [0, 0.1) is 0 Å². The molecule has 1 amide bonds. The molecule has 6 nitrogen and oxygen atoms in total. The monoisotopic (exact) mass is 400 g/mol. The lowest BCUT2D eigenvalue weighted by molar-refractivity contribution is -0.113. The molecule has 140 valence electrons. The lowest BCUT2D eigenvalue weighted by Crippen LogP contribution is -2.15. The first-order chi connectivity index (χ1) is 13.1. The van der Waals surface area contributed by atoms with Crippen molar-refractivity contribution in [1.29, 1.82) is 0 Å². The number of nitrogens with one attached hydrogen (secondary N) is 1. The van der Waals surface area contributed by atoms with Crippen molar-refractivity contribution in [3.8, 4) is 17.1 Å². The Morgan fingerprint density at radius 1 is 1.15 bits per heavy atom. The second-order valence-electron chi connectivity index (χ2n) is 5.63. The van der Waals surface area contributed by atoms with E-state index in [4.69, 9.17) is 4.74 Å². The van der Waals surface area contributed by atoms with Crippen molar-refractivity contribution in [3.05, 3.63) is 48.5 Å². The molecule has 8 heteroatoms. The smallest absolute Gasteiger partial charge is 0.234 e. The third-order valence-electron chi connectivity index (χ3n) is 3.90. The largest absolute Gasteiger partial charge is 0.497 e. The van der Waals surface area contributed by atoms with Crippen molar-refractivity contribution in [1.82, 2.24) is 14.8 Å². The summed E-state index contributed by atoms with van der Waals surface area (Å²) in [5.41, 5.74) is 1.77. The lowest BCUT2D eigenvalue weighted by atomic mass is 10.2. The molecule has 0 fully saturated rings. The van der Waals surface area contributed by atoms with E-state index in [-0.39, 0.29) is 11.7 Å². The number of ether oxygens (including phenoxy) is 1. The number of amides is 1. The van der Waals surface area contributed by atoms with Gasteiger partial charge >= 0.3 is 0 Å². The number of hydrogen-bond acceptors (Lipinski definition) is 6. The molecule has 0 aliphatic rings. The number of carbonyl (C=O) groups excluding carboxylic acids is 1. The number of benzene rings is 2. The maximum absolute atomic E-state index is 12.3. The van der Waals surface area contributed by atoms with Crippen molar-refractivity contribution >= 4 is 35.1 Å². The lowest BCUT2D eigenvalue weighted by Gasteiger charge is -2.09. The highest BCUT2D eigenvalue weighted by atomic mass is 32.2. The fourth-order valence-corrected chi connectivity index (χ4v) is 3.76. The van der Waals surface area contributed by atoms with Gasteiger partial charge in [-0.05, 0) is 42.7 Å². The van der Waals surface area contributed by atoms with Crippen LogP contribution in [0.15, 0.2) is 58.6 Å². The van der Waals surface area contributed by atoms with Gasteiger partial charge in [-0.25, -0.2) is 0 Å². The van der Waals surface area contributed by atoms with Crippen LogP contribution in [0.1, 0.15) is 0 Å². The van der Waals surface area contributed by atoms with Crippen molar-refractivity contribution in [2.75, 3.05) is 24.4 Å². The molecule has 1 aromatic heterocycles. The van der Waals surface area contributed by atoms with E-state index in [1.54, 1.807) is 18.9 Å². The molecule has 0 unspecified atom stereocenters. The third-order valence-corrected chi connectivity index (χ3v) is 5.71. The fraction of sp³-hybridized carbons (Fsp3) is 0.211. The van der Waals surface area contributed by atoms with Gasteiger partial charge in [-0.15, -0.1) is 22.0 Å². The zero-order valence-corrected chi connectivity index (χ0v) is 16.9. The topological polar surface area (TPSA) is 69.0 Å². The summed E-state index contributed by atoms with van der Waals surface area (Å²) in [4.78, 5) is 13.3. The Labute approximate surface area is 166 Å². The molecule has 0 saturated carbocycles. The van der Waals surface area contributed by atoms with Crippen LogP contribution in [-0.2, 0) is 11.8 Å². The van der Waals surface area contributed by atoms with Crippen LogP contribution in [0.2, 0.25) is 0 Å². The summed E-state index contributed by atoms with van der Waals surface area (Å²) in [5, 5.41) is 12.1. The number of hydrogen-bond donors (Lipinski definition) is 1.